The molecular weight excluding hydrogens is 78.1 g/mol. The minimum atomic E-state index is 1.58. The quantitative estimate of drug-likeness (QED) is 0.259. The van der Waals surface area contributed by atoms with Crippen molar-refractivity contribution in [2.24, 2.45) is 15.4 Å². The van der Waals surface area contributed by atoms with Gasteiger partial charge in [0.1, 0.15) is 0 Å². The summed E-state index contributed by atoms with van der Waals surface area (Å²) < 4.78 is 0. The van der Waals surface area contributed by atoms with Crippen molar-refractivity contribution in [2.75, 3.05) is 7.05 Å². The molecule has 0 rings (SSSR count). The molecule has 3 nitrogen and oxygen atoms in total. The molecule has 34 valence electrons. The lowest BCUT2D eigenvalue weighted by Gasteiger charge is -1.63. The minimum Gasteiger partial charge on any atom is -0.172 e. The second-order valence-electron chi connectivity index (χ2n) is 0.663. The summed E-state index contributed by atoms with van der Waals surface area (Å²) in [6.45, 7) is 1.79. The summed E-state index contributed by atoms with van der Waals surface area (Å²) in [6.07, 6.45) is 1.58. The first kappa shape index (κ1) is 5.27. The maximum Gasteiger partial charge on any atom is 0.0509 e. The highest BCUT2D eigenvalue weighted by atomic mass is 15.3. The van der Waals surface area contributed by atoms with Crippen molar-refractivity contribution < 1.29 is 0 Å². The highest BCUT2D eigenvalue weighted by Crippen LogP contribution is 1.65. The van der Waals surface area contributed by atoms with E-state index in [0.717, 1.165) is 0 Å². The van der Waals surface area contributed by atoms with E-state index < -0.39 is 0 Å². The Balaban J connectivity index is 3.07. The van der Waals surface area contributed by atoms with Crippen molar-refractivity contribution in [2.45, 2.75) is 6.92 Å². The summed E-state index contributed by atoms with van der Waals surface area (Å²) in [5, 5.41) is 10.1. The van der Waals surface area contributed by atoms with Gasteiger partial charge in [0.15, 0.2) is 0 Å². The SMILES string of the molecule is C/C=N\N=NC. The van der Waals surface area contributed by atoms with Gasteiger partial charge in [-0.1, -0.05) is 5.22 Å². The summed E-state index contributed by atoms with van der Waals surface area (Å²) in [4.78, 5) is 0. The van der Waals surface area contributed by atoms with Crippen LogP contribution in [0.2, 0.25) is 0 Å². The fourth-order valence-electron chi connectivity index (χ4n) is 0.103. The van der Waals surface area contributed by atoms with E-state index in [2.05, 4.69) is 15.4 Å². The third-order valence-electron chi connectivity index (χ3n) is 0.257. The van der Waals surface area contributed by atoms with Crippen LogP contribution in [0.15, 0.2) is 15.4 Å². The molecule has 0 unspecified atom stereocenters. The van der Waals surface area contributed by atoms with Gasteiger partial charge in [0.25, 0.3) is 0 Å². The van der Waals surface area contributed by atoms with Crippen LogP contribution in [0.5, 0.6) is 0 Å². The summed E-state index contributed by atoms with van der Waals surface area (Å²) >= 11 is 0. The topological polar surface area (TPSA) is 37.1 Å². The number of hydrogen-bond donors (Lipinski definition) is 0. The van der Waals surface area contributed by atoms with Gasteiger partial charge in [-0.15, -0.1) is 5.10 Å². The fraction of sp³-hybridized carbons (Fsp3) is 0.667. The molecule has 0 bridgehead atoms. The molecule has 0 heterocycles. The van der Waals surface area contributed by atoms with E-state index in [1.165, 1.54) is 0 Å². The number of nitrogens with zero attached hydrogens (tertiary/aromatic N) is 3. The first-order chi connectivity index (χ1) is 2.91. The predicted molar refractivity (Wildman–Crippen MR) is 24.9 cm³/mol. The van der Waals surface area contributed by atoms with Gasteiger partial charge in [-0.2, -0.15) is 5.11 Å². The normalized spacial score (nSPS) is 11.7. The molecule has 0 fully saturated rings. The van der Waals surface area contributed by atoms with Gasteiger partial charge in [0.2, 0.25) is 0 Å². The third-order valence-corrected chi connectivity index (χ3v) is 0.257. The van der Waals surface area contributed by atoms with E-state index in [0.29, 0.717) is 0 Å². The molecule has 0 aromatic carbocycles. The average Bonchev–Trinajstić information content (AvgIpc) is 1.61. The average molecular weight is 85.1 g/mol. The Hall–Kier alpha value is -0.730. The summed E-state index contributed by atoms with van der Waals surface area (Å²) in [5.41, 5.74) is 0. The molecule has 0 aromatic heterocycles. The van der Waals surface area contributed by atoms with Crippen molar-refractivity contribution in [3.8, 4) is 0 Å². The Kier molecular flexibility index (Phi) is 3.75. The van der Waals surface area contributed by atoms with Gasteiger partial charge < -0.3 is 0 Å². The lowest BCUT2D eigenvalue weighted by Crippen LogP contribution is -1.50. The van der Waals surface area contributed by atoms with Crippen LogP contribution in [-0.2, 0) is 0 Å². The first-order valence-corrected chi connectivity index (χ1v) is 1.68. The summed E-state index contributed by atoms with van der Waals surface area (Å²) in [5.74, 6) is 0. The van der Waals surface area contributed by atoms with Gasteiger partial charge in [-0.25, -0.2) is 0 Å². The Morgan fingerprint density at radius 2 is 2.17 bits per heavy atom. The highest BCUT2D eigenvalue weighted by molar-refractivity contribution is 5.52. The summed E-state index contributed by atoms with van der Waals surface area (Å²) in [7, 11) is 1.58. The molecule has 0 saturated heterocycles. The smallest absolute Gasteiger partial charge is 0.0509 e. The second kappa shape index (κ2) is 4.27. The Morgan fingerprint density at radius 1 is 1.50 bits per heavy atom. The van der Waals surface area contributed by atoms with E-state index in [1.807, 2.05) is 0 Å². The van der Waals surface area contributed by atoms with Crippen LogP contribution in [0, 0.1) is 0 Å². The predicted octanol–water partition coefficient (Wildman–Crippen LogP) is 1.07. The maximum atomic E-state index is 3.42. The molecule has 0 aliphatic heterocycles. The lowest BCUT2D eigenvalue weighted by atomic mass is 10.9. The van der Waals surface area contributed by atoms with Crippen LogP contribution < -0.4 is 0 Å². The second-order valence-corrected chi connectivity index (χ2v) is 0.663. The van der Waals surface area contributed by atoms with Crippen molar-refractivity contribution in [3.63, 3.8) is 0 Å². The van der Waals surface area contributed by atoms with Crippen molar-refractivity contribution >= 4 is 6.21 Å². The third kappa shape index (κ3) is 3.27. The van der Waals surface area contributed by atoms with E-state index >= 15 is 0 Å². The number of rotatable bonds is 1. The van der Waals surface area contributed by atoms with E-state index in [4.69, 9.17) is 0 Å². The highest BCUT2D eigenvalue weighted by Gasteiger charge is 1.48. The zero-order valence-electron chi connectivity index (χ0n) is 3.92. The molecule has 0 aromatic rings. The monoisotopic (exact) mass is 85.1 g/mol. The van der Waals surface area contributed by atoms with Crippen LogP contribution in [0.25, 0.3) is 0 Å². The molecule has 0 saturated carbocycles. The van der Waals surface area contributed by atoms with Crippen molar-refractivity contribution in [1.82, 2.24) is 0 Å². The number of hydrogen-bond acceptors (Lipinski definition) is 2. The van der Waals surface area contributed by atoms with Gasteiger partial charge in [-0.3, -0.25) is 0 Å². The Morgan fingerprint density at radius 3 is 2.33 bits per heavy atom. The Bertz CT molecular complexity index is 54.4. The molecule has 0 atom stereocenters. The van der Waals surface area contributed by atoms with Crippen molar-refractivity contribution in [3.05, 3.63) is 0 Å². The van der Waals surface area contributed by atoms with Crippen LogP contribution in [0.4, 0.5) is 0 Å². The molecule has 3 heteroatoms. The lowest BCUT2D eigenvalue weighted by molar-refractivity contribution is 1.02. The first-order valence-electron chi connectivity index (χ1n) is 1.68. The fourth-order valence-corrected chi connectivity index (χ4v) is 0.103. The van der Waals surface area contributed by atoms with E-state index in [9.17, 15) is 0 Å². The van der Waals surface area contributed by atoms with Gasteiger partial charge >= 0.3 is 0 Å². The van der Waals surface area contributed by atoms with Crippen molar-refractivity contribution in [1.29, 1.82) is 0 Å². The van der Waals surface area contributed by atoms with Crippen LogP contribution >= 0.6 is 0 Å². The molecule has 0 amide bonds. The molecule has 0 aliphatic carbocycles. The zero-order chi connectivity index (χ0) is 4.83. The molecule has 0 spiro atoms. The zero-order valence-corrected chi connectivity index (χ0v) is 3.92. The molecule has 0 N–H and O–H groups in total. The van der Waals surface area contributed by atoms with Gasteiger partial charge in [-0.05, 0) is 6.92 Å². The Labute approximate surface area is 36.8 Å². The minimum absolute atomic E-state index is 1.58. The van der Waals surface area contributed by atoms with Crippen LogP contribution in [0.1, 0.15) is 6.92 Å². The van der Waals surface area contributed by atoms with Crippen LogP contribution in [0.3, 0.4) is 0 Å². The largest absolute Gasteiger partial charge is 0.172 e. The maximum absolute atomic E-state index is 3.42. The van der Waals surface area contributed by atoms with Gasteiger partial charge in [0.05, 0.1) is 7.05 Å². The van der Waals surface area contributed by atoms with E-state index in [-0.39, 0.29) is 0 Å². The molecular formula is C3H7N3. The van der Waals surface area contributed by atoms with E-state index in [1.54, 1.807) is 20.2 Å². The molecule has 0 radical (unpaired) electrons. The molecule has 0 aliphatic rings. The van der Waals surface area contributed by atoms with Gasteiger partial charge in [0, 0.05) is 6.21 Å². The molecule has 6 heavy (non-hydrogen) atoms. The van der Waals surface area contributed by atoms with Crippen LogP contribution in [-0.4, -0.2) is 13.3 Å². The standard InChI is InChI=1S/C3H7N3/c1-3-5-6-4-2/h3H,1-2H3/b5-3-,6-4?. The summed E-state index contributed by atoms with van der Waals surface area (Å²) in [6, 6.07) is 0.